The fraction of sp³-hybridized carbons (Fsp3) is 0.907. The van der Waals surface area contributed by atoms with Gasteiger partial charge < -0.3 is 14.6 Å². The van der Waals surface area contributed by atoms with Gasteiger partial charge in [0.1, 0.15) is 19.3 Å². The number of carbonyl (C=O) groups is 2. The summed E-state index contributed by atoms with van der Waals surface area (Å²) >= 11 is 0. The summed E-state index contributed by atoms with van der Waals surface area (Å²) in [5.74, 6) is -0.554. The summed E-state index contributed by atoms with van der Waals surface area (Å²) in [6.45, 7) is 4.32. The smallest absolute Gasteiger partial charge is 0.305 e. The third-order valence-corrected chi connectivity index (χ3v) is 9.50. The molecule has 0 aliphatic rings. The molecule has 5 nitrogen and oxygen atoms in total. The Morgan fingerprint density at radius 1 is 0.417 bits per heavy atom. The van der Waals surface area contributed by atoms with Crippen LogP contribution >= 0.6 is 0 Å². The maximum Gasteiger partial charge on any atom is 0.305 e. The fourth-order valence-electron chi connectivity index (χ4n) is 6.26. The Kier molecular flexibility index (Phi) is 38.9. The lowest BCUT2D eigenvalue weighted by atomic mass is 10.0. The van der Waals surface area contributed by atoms with Crippen LogP contribution in [0.4, 0.5) is 0 Å². The van der Waals surface area contributed by atoms with Gasteiger partial charge in [0.25, 0.3) is 0 Å². The topological polar surface area (TPSA) is 72.8 Å². The van der Waals surface area contributed by atoms with E-state index >= 15 is 0 Å². The predicted molar refractivity (Wildman–Crippen MR) is 205 cm³/mol. The first-order valence-electron chi connectivity index (χ1n) is 21.2. The van der Waals surface area contributed by atoms with E-state index in [-0.39, 0.29) is 25.2 Å². The molecule has 48 heavy (non-hydrogen) atoms. The molecule has 0 bridgehead atoms. The largest absolute Gasteiger partial charge is 0.463 e. The highest BCUT2D eigenvalue weighted by atomic mass is 16.6. The highest BCUT2D eigenvalue weighted by Crippen LogP contribution is 2.15. The van der Waals surface area contributed by atoms with Crippen molar-refractivity contribution in [2.24, 2.45) is 0 Å². The number of aliphatic hydroxyl groups excluding tert-OH is 1. The number of hydrogen-bond acceptors (Lipinski definition) is 5. The molecule has 0 aromatic heterocycles. The highest BCUT2D eigenvalue weighted by Gasteiger charge is 2.12. The van der Waals surface area contributed by atoms with Gasteiger partial charge in [-0.3, -0.25) is 9.59 Å². The van der Waals surface area contributed by atoms with E-state index in [2.05, 4.69) is 26.0 Å². The van der Waals surface area contributed by atoms with E-state index in [4.69, 9.17) is 9.47 Å². The number of aliphatic hydroxyl groups is 1. The van der Waals surface area contributed by atoms with Crippen LogP contribution in [0.15, 0.2) is 12.2 Å². The van der Waals surface area contributed by atoms with Crippen LogP contribution in [0.25, 0.3) is 0 Å². The summed E-state index contributed by atoms with van der Waals surface area (Å²) in [7, 11) is 0. The van der Waals surface area contributed by atoms with Gasteiger partial charge in [-0.15, -0.1) is 0 Å². The summed E-state index contributed by atoms with van der Waals surface area (Å²) in [6.07, 6.45) is 45.6. The van der Waals surface area contributed by atoms with Gasteiger partial charge >= 0.3 is 11.9 Å². The van der Waals surface area contributed by atoms with Crippen LogP contribution in [-0.2, 0) is 19.1 Å². The maximum absolute atomic E-state index is 12.0. The highest BCUT2D eigenvalue weighted by molar-refractivity contribution is 5.69. The minimum absolute atomic E-state index is 0.110. The SMILES string of the molecule is CCCCCCCC/C=C\CCCCCCCCCCCCCC(=O)OC[C@H](O)COC(=O)CCCCCCCCCCCCCCC. The number of allylic oxidation sites excluding steroid dienone is 2. The van der Waals surface area contributed by atoms with Crippen LogP contribution in [0.3, 0.4) is 0 Å². The first-order chi connectivity index (χ1) is 23.6. The molecule has 0 heterocycles. The van der Waals surface area contributed by atoms with Crippen molar-refractivity contribution in [3.63, 3.8) is 0 Å². The molecule has 0 saturated carbocycles. The number of carbonyl (C=O) groups excluding carboxylic acids is 2. The molecule has 284 valence electrons. The second-order valence-corrected chi connectivity index (χ2v) is 14.5. The van der Waals surface area contributed by atoms with Gasteiger partial charge in [0.2, 0.25) is 0 Å². The van der Waals surface area contributed by atoms with E-state index in [1.54, 1.807) is 0 Å². The summed E-state index contributed by atoms with van der Waals surface area (Å²) < 4.78 is 10.3. The summed E-state index contributed by atoms with van der Waals surface area (Å²) in [5.41, 5.74) is 0. The molecule has 0 rings (SSSR count). The molecule has 0 unspecified atom stereocenters. The van der Waals surface area contributed by atoms with Gasteiger partial charge in [0, 0.05) is 12.8 Å². The quantitative estimate of drug-likeness (QED) is 0.0398. The average molecular weight is 679 g/mol. The van der Waals surface area contributed by atoms with Gasteiger partial charge in [-0.05, 0) is 38.5 Å². The van der Waals surface area contributed by atoms with Crippen molar-refractivity contribution in [1.82, 2.24) is 0 Å². The van der Waals surface area contributed by atoms with Crippen LogP contribution in [0.1, 0.15) is 232 Å². The summed E-state index contributed by atoms with van der Waals surface area (Å²) in [6, 6.07) is 0. The lowest BCUT2D eigenvalue weighted by Gasteiger charge is -2.12. The zero-order chi connectivity index (χ0) is 35.0. The molecule has 1 atom stereocenters. The molecule has 0 aromatic carbocycles. The Labute approximate surface area is 299 Å². The van der Waals surface area contributed by atoms with Crippen LogP contribution in [0.2, 0.25) is 0 Å². The third-order valence-electron chi connectivity index (χ3n) is 9.50. The van der Waals surface area contributed by atoms with E-state index in [0.29, 0.717) is 12.8 Å². The monoisotopic (exact) mass is 679 g/mol. The molecule has 0 spiro atoms. The van der Waals surface area contributed by atoms with Gasteiger partial charge in [0.05, 0.1) is 0 Å². The van der Waals surface area contributed by atoms with Crippen LogP contribution in [0, 0.1) is 0 Å². The molecule has 0 aliphatic heterocycles. The van der Waals surface area contributed by atoms with E-state index < -0.39 is 6.10 Å². The lowest BCUT2D eigenvalue weighted by molar-refractivity contribution is -0.152. The van der Waals surface area contributed by atoms with Crippen molar-refractivity contribution in [2.75, 3.05) is 13.2 Å². The summed E-state index contributed by atoms with van der Waals surface area (Å²) in [5, 5.41) is 10.0. The number of rotatable bonds is 39. The van der Waals surface area contributed by atoms with Crippen molar-refractivity contribution in [1.29, 1.82) is 0 Å². The first kappa shape index (κ1) is 46.6. The Hall–Kier alpha value is -1.36. The van der Waals surface area contributed by atoms with E-state index in [1.165, 1.54) is 173 Å². The standard InChI is InChI=1S/C43H82O5/c1-3-5-7-9-11-13-15-17-18-19-20-21-22-23-24-26-28-30-32-34-36-38-43(46)48-40-41(44)39-47-42(45)37-35-33-31-29-27-25-16-14-12-10-8-6-4-2/h17-18,41,44H,3-16,19-40H2,1-2H3/b18-17-/t41-/m1/s1. The summed E-state index contributed by atoms with van der Waals surface area (Å²) in [4.78, 5) is 23.9. The zero-order valence-corrected chi connectivity index (χ0v) is 32.3. The molecular weight excluding hydrogens is 596 g/mol. The van der Waals surface area contributed by atoms with Crippen molar-refractivity contribution in [3.05, 3.63) is 12.2 Å². The zero-order valence-electron chi connectivity index (χ0n) is 32.3. The molecule has 0 aromatic rings. The Bertz CT molecular complexity index is 691. The number of unbranched alkanes of at least 4 members (excludes halogenated alkanes) is 29. The van der Waals surface area contributed by atoms with E-state index in [0.717, 1.165) is 32.1 Å². The fourth-order valence-corrected chi connectivity index (χ4v) is 6.26. The van der Waals surface area contributed by atoms with Crippen LogP contribution in [-0.4, -0.2) is 36.4 Å². The van der Waals surface area contributed by atoms with Crippen molar-refractivity contribution in [2.45, 2.75) is 238 Å². The maximum atomic E-state index is 12.0. The van der Waals surface area contributed by atoms with Gasteiger partial charge in [-0.2, -0.15) is 0 Å². The first-order valence-corrected chi connectivity index (χ1v) is 21.2. The average Bonchev–Trinajstić information content (AvgIpc) is 3.09. The van der Waals surface area contributed by atoms with Gasteiger partial charge in [-0.25, -0.2) is 0 Å². The van der Waals surface area contributed by atoms with Crippen LogP contribution < -0.4 is 0 Å². The second kappa shape index (κ2) is 40.1. The molecule has 0 aliphatic carbocycles. The molecule has 0 saturated heterocycles. The minimum Gasteiger partial charge on any atom is -0.463 e. The Balaban J connectivity index is 3.37. The molecule has 0 amide bonds. The lowest BCUT2D eigenvalue weighted by Crippen LogP contribution is -2.25. The normalized spacial score (nSPS) is 12.1. The predicted octanol–water partition coefficient (Wildman–Crippen LogP) is 13.3. The molecular formula is C43H82O5. The number of esters is 2. The van der Waals surface area contributed by atoms with Crippen molar-refractivity contribution < 1.29 is 24.2 Å². The van der Waals surface area contributed by atoms with E-state index in [9.17, 15) is 14.7 Å². The van der Waals surface area contributed by atoms with Crippen molar-refractivity contribution in [3.8, 4) is 0 Å². The molecule has 1 N–H and O–H groups in total. The number of hydrogen-bond donors (Lipinski definition) is 1. The Morgan fingerprint density at radius 3 is 0.958 bits per heavy atom. The Morgan fingerprint density at radius 2 is 0.667 bits per heavy atom. The third kappa shape index (κ3) is 39.1. The molecule has 0 radical (unpaired) electrons. The van der Waals surface area contributed by atoms with Crippen molar-refractivity contribution >= 4 is 11.9 Å². The van der Waals surface area contributed by atoms with Gasteiger partial charge in [-0.1, -0.05) is 193 Å². The van der Waals surface area contributed by atoms with Crippen LogP contribution in [0.5, 0.6) is 0 Å². The van der Waals surface area contributed by atoms with E-state index in [1.807, 2.05) is 0 Å². The second-order valence-electron chi connectivity index (χ2n) is 14.5. The van der Waals surface area contributed by atoms with Gasteiger partial charge in [0.15, 0.2) is 0 Å². The number of ether oxygens (including phenoxy) is 2. The molecule has 5 heteroatoms. The molecule has 0 fully saturated rings. The minimum atomic E-state index is -0.957.